The van der Waals surface area contributed by atoms with Crippen LogP contribution >= 0.6 is 11.6 Å². The lowest BCUT2D eigenvalue weighted by molar-refractivity contribution is 0.0950. The molecule has 0 saturated carbocycles. The first-order chi connectivity index (χ1) is 15.8. The minimum atomic E-state index is -3.99. The van der Waals surface area contributed by atoms with Crippen LogP contribution in [-0.4, -0.2) is 52.1 Å². The highest BCUT2D eigenvalue weighted by molar-refractivity contribution is 7.93. The average molecular weight is 493 g/mol. The highest BCUT2D eigenvalue weighted by atomic mass is 35.5. The Morgan fingerprint density at radius 3 is 2.61 bits per heavy atom. The number of nitrogens with zero attached hydrogens (tertiary/aromatic N) is 5. The van der Waals surface area contributed by atoms with Crippen molar-refractivity contribution in [2.45, 2.75) is 44.1 Å². The summed E-state index contributed by atoms with van der Waals surface area (Å²) < 4.78 is 42.2. The number of sulfonamides is 1. The van der Waals surface area contributed by atoms with Crippen molar-refractivity contribution in [3.05, 3.63) is 58.9 Å². The van der Waals surface area contributed by atoms with Gasteiger partial charge in [0.25, 0.3) is 0 Å². The van der Waals surface area contributed by atoms with E-state index in [1.807, 2.05) is 31.2 Å². The molecule has 1 aliphatic rings. The fraction of sp³-hybridized carbons (Fsp3) is 0.429. The van der Waals surface area contributed by atoms with Crippen molar-refractivity contribution >= 4 is 27.6 Å². The van der Waals surface area contributed by atoms with Crippen molar-refractivity contribution < 1.29 is 17.9 Å². The maximum absolute atomic E-state index is 13.4. The molecule has 176 valence electrons. The number of hydrogen-bond acceptors (Lipinski definition) is 8. The van der Waals surface area contributed by atoms with Crippen LogP contribution in [0.25, 0.3) is 5.69 Å². The molecule has 0 bridgehead atoms. The largest absolute Gasteiger partial charge is 0.372 e. The van der Waals surface area contributed by atoms with Crippen LogP contribution in [0.4, 0.5) is 5.95 Å². The topological polar surface area (TPSA) is 121 Å². The fourth-order valence-electron chi connectivity index (χ4n) is 3.76. The third-order valence-corrected chi connectivity index (χ3v) is 7.45. The van der Waals surface area contributed by atoms with Gasteiger partial charge in [0.15, 0.2) is 11.6 Å². The van der Waals surface area contributed by atoms with Gasteiger partial charge in [0.05, 0.1) is 10.7 Å². The minimum Gasteiger partial charge on any atom is -0.372 e. The summed E-state index contributed by atoms with van der Waals surface area (Å²) in [6.45, 7) is 4.08. The van der Waals surface area contributed by atoms with Crippen molar-refractivity contribution in [2.24, 2.45) is 0 Å². The lowest BCUT2D eigenvalue weighted by Gasteiger charge is -2.22. The number of halogens is 1. The van der Waals surface area contributed by atoms with Crippen LogP contribution in [0.3, 0.4) is 0 Å². The Kier molecular flexibility index (Phi) is 6.94. The predicted molar refractivity (Wildman–Crippen MR) is 123 cm³/mol. The van der Waals surface area contributed by atoms with Gasteiger partial charge in [-0.3, -0.25) is 9.29 Å². The summed E-state index contributed by atoms with van der Waals surface area (Å²) in [6.07, 6.45) is 3.29. The Hall–Kier alpha value is -2.60. The molecule has 2 unspecified atom stereocenters. The summed E-state index contributed by atoms with van der Waals surface area (Å²) in [5.74, 6) is 0.838. The maximum Gasteiger partial charge on any atom is 0.243 e. The summed E-state index contributed by atoms with van der Waals surface area (Å²) in [6, 6.07) is 7.61. The summed E-state index contributed by atoms with van der Waals surface area (Å²) in [4.78, 5) is 8.23. The molecule has 0 spiro atoms. The van der Waals surface area contributed by atoms with E-state index in [0.717, 1.165) is 24.1 Å². The van der Waals surface area contributed by atoms with Crippen LogP contribution in [0.15, 0.2) is 36.7 Å². The standard InChI is InChI=1S/C21H25ClN6O4S/c1-13-7-4-5-8-16(13)28-20(17-9-6-10-32-17)25-26-21(28)27-33(29,30)14(2)18(31-3)19-23-11-15(22)12-24-19/h4-5,7-8,11-12,14,17-18H,6,9-10H2,1-3H3,(H,26,27)/t14?,17-,18?/m0/s1. The zero-order valence-electron chi connectivity index (χ0n) is 18.5. The zero-order chi connectivity index (χ0) is 23.6. The minimum absolute atomic E-state index is 0.0773. The highest BCUT2D eigenvalue weighted by Crippen LogP contribution is 2.33. The van der Waals surface area contributed by atoms with E-state index in [0.29, 0.717) is 17.5 Å². The number of hydrogen-bond donors (Lipinski definition) is 1. The van der Waals surface area contributed by atoms with Gasteiger partial charge in [-0.25, -0.2) is 18.4 Å². The van der Waals surface area contributed by atoms with E-state index in [1.54, 1.807) is 4.57 Å². The molecule has 3 atom stereocenters. The van der Waals surface area contributed by atoms with Crippen molar-refractivity contribution in [3.63, 3.8) is 0 Å². The van der Waals surface area contributed by atoms with Gasteiger partial charge in [0.2, 0.25) is 16.0 Å². The SMILES string of the molecule is COC(c1ncc(Cl)cn1)C(C)S(=O)(=O)Nc1nnc([C@@H]2CCCO2)n1-c1ccccc1C. The second-order valence-electron chi connectivity index (χ2n) is 7.77. The number of nitrogens with one attached hydrogen (secondary N) is 1. The van der Waals surface area contributed by atoms with E-state index < -0.39 is 21.4 Å². The molecule has 3 heterocycles. The molecular weight excluding hydrogens is 468 g/mol. The van der Waals surface area contributed by atoms with Gasteiger partial charge in [-0.1, -0.05) is 29.8 Å². The van der Waals surface area contributed by atoms with E-state index in [2.05, 4.69) is 24.9 Å². The number of ether oxygens (including phenoxy) is 2. The first kappa shape index (κ1) is 23.6. The third-order valence-electron chi connectivity index (χ3n) is 5.56. The number of aromatic nitrogens is 5. The van der Waals surface area contributed by atoms with Gasteiger partial charge in [0, 0.05) is 26.1 Å². The summed E-state index contributed by atoms with van der Waals surface area (Å²) in [5.41, 5.74) is 1.71. The molecule has 1 saturated heterocycles. The second-order valence-corrected chi connectivity index (χ2v) is 10.2. The quantitative estimate of drug-likeness (QED) is 0.508. The lowest BCUT2D eigenvalue weighted by atomic mass is 10.2. The maximum atomic E-state index is 13.4. The van der Waals surface area contributed by atoms with Gasteiger partial charge in [-0.2, -0.15) is 0 Å². The van der Waals surface area contributed by atoms with Crippen LogP contribution < -0.4 is 4.72 Å². The van der Waals surface area contributed by atoms with E-state index in [1.165, 1.54) is 26.4 Å². The summed E-state index contributed by atoms with van der Waals surface area (Å²) in [5, 5.41) is 7.75. The molecule has 1 aromatic carbocycles. The molecule has 2 aromatic heterocycles. The molecule has 4 rings (SSSR count). The fourth-order valence-corrected chi connectivity index (χ4v) is 4.99. The van der Waals surface area contributed by atoms with Gasteiger partial charge < -0.3 is 9.47 Å². The molecule has 12 heteroatoms. The summed E-state index contributed by atoms with van der Waals surface area (Å²) >= 11 is 5.86. The average Bonchev–Trinajstić information content (AvgIpc) is 3.46. The third kappa shape index (κ3) is 4.86. The van der Waals surface area contributed by atoms with E-state index in [9.17, 15) is 8.42 Å². The van der Waals surface area contributed by atoms with Crippen molar-refractivity contribution in [1.82, 2.24) is 24.7 Å². The van der Waals surface area contributed by atoms with Crippen LogP contribution in [0.5, 0.6) is 0 Å². The van der Waals surface area contributed by atoms with E-state index in [-0.39, 0.29) is 17.9 Å². The monoisotopic (exact) mass is 492 g/mol. The molecule has 33 heavy (non-hydrogen) atoms. The number of para-hydroxylation sites is 1. The van der Waals surface area contributed by atoms with Crippen LogP contribution in [0.1, 0.15) is 49.2 Å². The van der Waals surface area contributed by atoms with Crippen molar-refractivity contribution in [2.75, 3.05) is 18.4 Å². The Labute approximate surface area is 197 Å². The highest BCUT2D eigenvalue weighted by Gasteiger charge is 2.35. The van der Waals surface area contributed by atoms with E-state index >= 15 is 0 Å². The molecule has 1 N–H and O–H groups in total. The molecule has 1 aliphatic heterocycles. The van der Waals surface area contributed by atoms with E-state index in [4.69, 9.17) is 21.1 Å². The molecular formula is C21H25ClN6O4S. The normalized spacial score (nSPS) is 18.2. The molecule has 0 aliphatic carbocycles. The number of aryl methyl sites for hydroxylation is 1. The molecule has 1 fully saturated rings. The molecule has 0 radical (unpaired) electrons. The second kappa shape index (κ2) is 9.72. The Bertz CT molecular complexity index is 1210. The first-order valence-corrected chi connectivity index (χ1v) is 12.4. The van der Waals surface area contributed by atoms with Gasteiger partial charge in [-0.05, 0) is 38.3 Å². The van der Waals surface area contributed by atoms with Crippen molar-refractivity contribution in [3.8, 4) is 5.69 Å². The van der Waals surface area contributed by atoms with Gasteiger partial charge in [-0.15, -0.1) is 10.2 Å². The van der Waals surface area contributed by atoms with Gasteiger partial charge >= 0.3 is 0 Å². The van der Waals surface area contributed by atoms with Crippen LogP contribution in [-0.2, 0) is 19.5 Å². The smallest absolute Gasteiger partial charge is 0.243 e. The number of methoxy groups -OCH3 is 1. The first-order valence-electron chi connectivity index (χ1n) is 10.5. The zero-order valence-corrected chi connectivity index (χ0v) is 20.0. The Morgan fingerprint density at radius 2 is 1.97 bits per heavy atom. The number of benzene rings is 1. The lowest BCUT2D eigenvalue weighted by Crippen LogP contribution is -2.33. The van der Waals surface area contributed by atoms with Gasteiger partial charge in [0.1, 0.15) is 17.5 Å². The Morgan fingerprint density at radius 1 is 1.24 bits per heavy atom. The van der Waals surface area contributed by atoms with Crippen LogP contribution in [0, 0.1) is 6.92 Å². The predicted octanol–water partition coefficient (Wildman–Crippen LogP) is 3.39. The molecule has 0 amide bonds. The van der Waals surface area contributed by atoms with Crippen molar-refractivity contribution in [1.29, 1.82) is 0 Å². The Balaban J connectivity index is 1.70. The van der Waals surface area contributed by atoms with Crippen LogP contribution in [0.2, 0.25) is 5.02 Å². The number of rotatable bonds is 8. The number of anilines is 1. The molecule has 10 nitrogen and oxygen atoms in total. The molecule has 3 aromatic rings. The summed E-state index contributed by atoms with van der Waals surface area (Å²) in [7, 11) is -2.59.